The molecular formula is C14H15F3N2O4. The summed E-state index contributed by atoms with van der Waals surface area (Å²) in [6.45, 7) is 1.76. The number of carboxylic acids is 1. The highest BCUT2D eigenvalue weighted by molar-refractivity contribution is 5.71. The Labute approximate surface area is 129 Å². The molecule has 9 heteroatoms. The molecule has 0 aromatic heterocycles. The molecule has 2 rings (SSSR count). The smallest absolute Gasteiger partial charge is 0.416 e. The van der Waals surface area contributed by atoms with E-state index in [0.717, 1.165) is 6.07 Å². The van der Waals surface area contributed by atoms with E-state index < -0.39 is 34.2 Å². The summed E-state index contributed by atoms with van der Waals surface area (Å²) in [5.74, 6) is -1.45. The first-order valence-corrected chi connectivity index (χ1v) is 6.95. The minimum absolute atomic E-state index is 0.0986. The van der Waals surface area contributed by atoms with Gasteiger partial charge in [-0.15, -0.1) is 0 Å². The molecule has 1 fully saturated rings. The third-order valence-electron chi connectivity index (χ3n) is 4.01. The summed E-state index contributed by atoms with van der Waals surface area (Å²) >= 11 is 0. The number of anilines is 1. The van der Waals surface area contributed by atoms with Crippen molar-refractivity contribution in [3.05, 3.63) is 33.4 Å². The predicted molar refractivity (Wildman–Crippen MR) is 75.4 cm³/mol. The van der Waals surface area contributed by atoms with Gasteiger partial charge in [-0.05, 0) is 31.4 Å². The maximum Gasteiger partial charge on any atom is 0.416 e. The molecule has 1 aromatic rings. The summed E-state index contributed by atoms with van der Waals surface area (Å²) in [6.07, 6.45) is -4.07. The number of carbonyl (C=O) groups is 1. The van der Waals surface area contributed by atoms with Gasteiger partial charge < -0.3 is 10.0 Å². The van der Waals surface area contributed by atoms with Gasteiger partial charge in [0.05, 0.1) is 16.4 Å². The average molecular weight is 332 g/mol. The van der Waals surface area contributed by atoms with Crippen molar-refractivity contribution >= 4 is 17.3 Å². The molecule has 1 aliphatic rings. The standard InChI is InChI=1S/C14H15F3N2O4/c1-8-6-11(18-4-2-9(3-5-18)13(20)21)12(19(22)23)7-10(8)14(15,16)17/h6-7,9H,2-5H2,1H3,(H,20,21). The third kappa shape index (κ3) is 3.54. The maximum absolute atomic E-state index is 12.9. The van der Waals surface area contributed by atoms with Crippen LogP contribution < -0.4 is 4.90 Å². The Kier molecular flexibility index (Phi) is 4.49. The monoisotopic (exact) mass is 332 g/mol. The highest BCUT2D eigenvalue weighted by Gasteiger charge is 2.36. The molecule has 0 bridgehead atoms. The van der Waals surface area contributed by atoms with Crippen LogP contribution in [0.2, 0.25) is 0 Å². The van der Waals surface area contributed by atoms with Crippen molar-refractivity contribution < 1.29 is 28.0 Å². The average Bonchev–Trinajstić information content (AvgIpc) is 2.45. The molecule has 23 heavy (non-hydrogen) atoms. The summed E-state index contributed by atoms with van der Waals surface area (Å²) in [6, 6.07) is 1.70. The van der Waals surface area contributed by atoms with Gasteiger partial charge in [0.1, 0.15) is 5.69 Å². The van der Waals surface area contributed by atoms with E-state index in [0.29, 0.717) is 18.9 Å². The first kappa shape index (κ1) is 17.0. The van der Waals surface area contributed by atoms with Crippen LogP contribution in [0.4, 0.5) is 24.5 Å². The highest BCUT2D eigenvalue weighted by Crippen LogP contribution is 2.40. The van der Waals surface area contributed by atoms with Gasteiger partial charge in [-0.1, -0.05) is 0 Å². The molecule has 1 aromatic carbocycles. The number of nitrogens with zero attached hydrogens (tertiary/aromatic N) is 2. The molecule has 0 atom stereocenters. The molecule has 1 aliphatic heterocycles. The summed E-state index contributed by atoms with van der Waals surface area (Å²) in [5, 5.41) is 20.1. The van der Waals surface area contributed by atoms with Crippen LogP contribution in [0.25, 0.3) is 0 Å². The molecule has 1 N–H and O–H groups in total. The molecule has 0 radical (unpaired) electrons. The molecule has 1 heterocycles. The van der Waals surface area contributed by atoms with Gasteiger partial charge in [-0.25, -0.2) is 0 Å². The molecule has 0 amide bonds. The van der Waals surface area contributed by atoms with Gasteiger partial charge >= 0.3 is 12.1 Å². The topological polar surface area (TPSA) is 83.7 Å². The molecular weight excluding hydrogens is 317 g/mol. The van der Waals surface area contributed by atoms with Crippen molar-refractivity contribution in [1.29, 1.82) is 0 Å². The number of alkyl halides is 3. The Bertz CT molecular complexity index is 638. The van der Waals surface area contributed by atoms with E-state index >= 15 is 0 Å². The Balaban J connectivity index is 2.38. The summed E-state index contributed by atoms with van der Waals surface area (Å²) in [7, 11) is 0. The number of aliphatic carboxylic acids is 1. The van der Waals surface area contributed by atoms with Crippen LogP contribution in [0.1, 0.15) is 24.0 Å². The number of carboxylic acid groups (broad SMARTS) is 1. The lowest BCUT2D eigenvalue weighted by molar-refractivity contribution is -0.384. The minimum Gasteiger partial charge on any atom is -0.481 e. The maximum atomic E-state index is 12.9. The second-order valence-electron chi connectivity index (χ2n) is 5.51. The van der Waals surface area contributed by atoms with E-state index in [1.54, 1.807) is 4.90 Å². The number of aryl methyl sites for hydroxylation is 1. The van der Waals surface area contributed by atoms with Crippen LogP contribution in [-0.4, -0.2) is 29.1 Å². The predicted octanol–water partition coefficient (Wildman–Crippen LogP) is 3.22. The van der Waals surface area contributed by atoms with Gasteiger partial charge in [0.2, 0.25) is 0 Å². The molecule has 0 unspecified atom stereocenters. The highest BCUT2D eigenvalue weighted by atomic mass is 19.4. The zero-order valence-corrected chi connectivity index (χ0v) is 12.3. The van der Waals surface area contributed by atoms with Crippen LogP contribution >= 0.6 is 0 Å². The number of hydrogen-bond donors (Lipinski definition) is 1. The number of hydrogen-bond acceptors (Lipinski definition) is 4. The minimum atomic E-state index is -4.66. The first-order chi connectivity index (χ1) is 10.6. The molecule has 126 valence electrons. The van der Waals surface area contributed by atoms with Gasteiger partial charge in [0.15, 0.2) is 0 Å². The largest absolute Gasteiger partial charge is 0.481 e. The lowest BCUT2D eigenvalue weighted by atomic mass is 9.96. The van der Waals surface area contributed by atoms with Gasteiger partial charge in [0, 0.05) is 19.2 Å². The lowest BCUT2D eigenvalue weighted by Gasteiger charge is -2.32. The van der Waals surface area contributed by atoms with Crippen LogP contribution in [0.5, 0.6) is 0 Å². The quantitative estimate of drug-likeness (QED) is 0.679. The van der Waals surface area contributed by atoms with E-state index in [1.165, 1.54) is 6.92 Å². The Hall–Kier alpha value is -2.32. The SMILES string of the molecule is Cc1cc(N2CCC(C(=O)O)CC2)c([N+](=O)[O-])cc1C(F)(F)F. The normalized spacial score (nSPS) is 16.4. The zero-order chi connectivity index (χ0) is 17.4. The van der Waals surface area contributed by atoms with Gasteiger partial charge in [0.25, 0.3) is 5.69 Å². The van der Waals surface area contributed by atoms with Crippen molar-refractivity contribution in [2.45, 2.75) is 25.9 Å². The second kappa shape index (κ2) is 6.05. The van der Waals surface area contributed by atoms with Crippen molar-refractivity contribution in [2.24, 2.45) is 5.92 Å². The molecule has 1 saturated heterocycles. The van der Waals surface area contributed by atoms with E-state index in [2.05, 4.69) is 0 Å². The molecule has 0 saturated carbocycles. The van der Waals surface area contributed by atoms with Crippen molar-refractivity contribution in [3.8, 4) is 0 Å². The van der Waals surface area contributed by atoms with Crippen molar-refractivity contribution in [1.82, 2.24) is 0 Å². The Morgan fingerprint density at radius 2 is 1.91 bits per heavy atom. The van der Waals surface area contributed by atoms with E-state index in [4.69, 9.17) is 5.11 Å². The summed E-state index contributed by atoms with van der Waals surface area (Å²) in [5.41, 5.74) is -1.65. The Morgan fingerprint density at radius 1 is 1.35 bits per heavy atom. The molecule has 6 nitrogen and oxygen atoms in total. The molecule has 0 spiro atoms. The van der Waals surface area contributed by atoms with E-state index in [1.807, 2.05) is 0 Å². The van der Waals surface area contributed by atoms with E-state index in [-0.39, 0.29) is 24.3 Å². The fourth-order valence-corrected chi connectivity index (χ4v) is 2.75. The first-order valence-electron chi connectivity index (χ1n) is 6.95. The summed E-state index contributed by atoms with van der Waals surface area (Å²) < 4.78 is 38.7. The van der Waals surface area contributed by atoms with Crippen LogP contribution in [0.3, 0.4) is 0 Å². The van der Waals surface area contributed by atoms with E-state index in [9.17, 15) is 28.1 Å². The van der Waals surface area contributed by atoms with Crippen LogP contribution in [-0.2, 0) is 11.0 Å². The number of nitro benzene ring substituents is 1. The van der Waals surface area contributed by atoms with Crippen LogP contribution in [0, 0.1) is 23.0 Å². The van der Waals surface area contributed by atoms with Crippen molar-refractivity contribution in [3.63, 3.8) is 0 Å². The van der Waals surface area contributed by atoms with Crippen molar-refractivity contribution in [2.75, 3.05) is 18.0 Å². The fourth-order valence-electron chi connectivity index (χ4n) is 2.75. The number of piperidine rings is 1. The number of rotatable bonds is 3. The van der Waals surface area contributed by atoms with Gasteiger partial charge in [-0.2, -0.15) is 13.2 Å². The number of halogens is 3. The number of nitro groups is 1. The zero-order valence-electron chi connectivity index (χ0n) is 12.3. The van der Waals surface area contributed by atoms with Crippen LogP contribution in [0.15, 0.2) is 12.1 Å². The lowest BCUT2D eigenvalue weighted by Crippen LogP contribution is -2.36. The number of benzene rings is 1. The second-order valence-corrected chi connectivity index (χ2v) is 5.51. The molecule has 0 aliphatic carbocycles. The Morgan fingerprint density at radius 3 is 2.35 bits per heavy atom. The van der Waals surface area contributed by atoms with Gasteiger partial charge in [-0.3, -0.25) is 14.9 Å². The fraction of sp³-hybridized carbons (Fsp3) is 0.500. The summed E-state index contributed by atoms with van der Waals surface area (Å²) in [4.78, 5) is 22.8. The third-order valence-corrected chi connectivity index (χ3v) is 4.01.